The molecule has 16 heavy (non-hydrogen) atoms. The van der Waals surface area contributed by atoms with Gasteiger partial charge >= 0.3 is 0 Å². The van der Waals surface area contributed by atoms with E-state index in [0.29, 0.717) is 16.1 Å². The number of hydrogen-bond donors (Lipinski definition) is 1. The third-order valence-electron chi connectivity index (χ3n) is 2.29. The summed E-state index contributed by atoms with van der Waals surface area (Å²) >= 11 is 13.9. The van der Waals surface area contributed by atoms with Gasteiger partial charge in [-0.25, -0.2) is 0 Å². The van der Waals surface area contributed by atoms with Crippen molar-refractivity contribution in [2.24, 2.45) is 0 Å². The zero-order valence-corrected chi connectivity index (χ0v) is 11.9. The lowest BCUT2D eigenvalue weighted by atomic mass is 10.1. The van der Waals surface area contributed by atoms with E-state index in [1.54, 1.807) is 0 Å². The van der Waals surface area contributed by atoms with Crippen molar-refractivity contribution in [1.29, 1.82) is 0 Å². The molecule has 0 aromatic heterocycles. The minimum Gasteiger partial charge on any atom is -0.310 e. The molecule has 1 nitrogen and oxygen atoms in total. The third-order valence-corrected chi connectivity index (χ3v) is 4.00. The fraction of sp³-hybridized carbons (Fsp3) is 0.500. The summed E-state index contributed by atoms with van der Waals surface area (Å²) in [5.74, 6) is 2.19. The van der Waals surface area contributed by atoms with Crippen LogP contribution in [0.2, 0.25) is 10.0 Å². The Morgan fingerprint density at radius 1 is 1.25 bits per heavy atom. The number of nitrogens with one attached hydrogen (secondary N) is 1. The smallest absolute Gasteiger partial charge is 0.0595 e. The molecule has 1 unspecified atom stereocenters. The molecule has 0 aliphatic rings. The summed E-state index contributed by atoms with van der Waals surface area (Å²) in [6.45, 7) is 5.23. The van der Waals surface area contributed by atoms with E-state index < -0.39 is 0 Å². The van der Waals surface area contributed by atoms with Crippen LogP contribution in [-0.2, 0) is 0 Å². The molecule has 1 atom stereocenters. The molecular weight excluding hydrogens is 261 g/mol. The van der Waals surface area contributed by atoms with Crippen LogP contribution >= 0.6 is 35.0 Å². The first-order valence-electron chi connectivity index (χ1n) is 5.45. The summed E-state index contributed by atoms with van der Waals surface area (Å²) in [7, 11) is 0. The second-order valence-corrected chi connectivity index (χ2v) is 5.58. The van der Waals surface area contributed by atoms with E-state index >= 15 is 0 Å². The maximum Gasteiger partial charge on any atom is 0.0595 e. The highest BCUT2D eigenvalue weighted by Gasteiger charge is 2.11. The highest BCUT2D eigenvalue weighted by atomic mass is 35.5. The topological polar surface area (TPSA) is 12.0 Å². The van der Waals surface area contributed by atoms with Crippen molar-refractivity contribution in [2.45, 2.75) is 19.9 Å². The van der Waals surface area contributed by atoms with Crippen molar-refractivity contribution in [2.75, 3.05) is 18.1 Å². The van der Waals surface area contributed by atoms with Gasteiger partial charge in [0.15, 0.2) is 0 Å². The lowest BCUT2D eigenvalue weighted by Crippen LogP contribution is -2.23. The Hall–Kier alpha value is 0.110. The van der Waals surface area contributed by atoms with Gasteiger partial charge in [0.1, 0.15) is 0 Å². The average molecular weight is 278 g/mol. The molecule has 0 saturated heterocycles. The molecule has 0 aliphatic carbocycles. The second-order valence-electron chi connectivity index (χ2n) is 3.44. The predicted molar refractivity (Wildman–Crippen MR) is 75.9 cm³/mol. The maximum absolute atomic E-state index is 6.03. The van der Waals surface area contributed by atoms with Crippen molar-refractivity contribution in [3.8, 4) is 0 Å². The summed E-state index contributed by atoms with van der Waals surface area (Å²) in [5.41, 5.74) is 1.21. The fourth-order valence-electron chi connectivity index (χ4n) is 1.48. The summed E-state index contributed by atoms with van der Waals surface area (Å²) < 4.78 is 0. The molecule has 0 heterocycles. The maximum atomic E-state index is 6.03. The first kappa shape index (κ1) is 14.2. The van der Waals surface area contributed by atoms with Crippen LogP contribution < -0.4 is 5.32 Å². The van der Waals surface area contributed by atoms with Gasteiger partial charge in [-0.1, -0.05) is 43.1 Å². The fourth-order valence-corrected chi connectivity index (χ4v) is 2.57. The summed E-state index contributed by atoms with van der Waals surface area (Å²) in [6, 6.07) is 6.20. The van der Waals surface area contributed by atoms with Gasteiger partial charge in [-0.3, -0.25) is 0 Å². The summed E-state index contributed by atoms with van der Waals surface area (Å²) in [4.78, 5) is 0. The SMILES string of the molecule is CCNC(CSCC)c1ccc(Cl)c(Cl)c1. The minimum atomic E-state index is 0.352. The van der Waals surface area contributed by atoms with Crippen LogP contribution in [0.3, 0.4) is 0 Å². The molecule has 0 radical (unpaired) electrons. The van der Waals surface area contributed by atoms with E-state index in [2.05, 4.69) is 19.2 Å². The van der Waals surface area contributed by atoms with Crippen molar-refractivity contribution in [3.63, 3.8) is 0 Å². The molecule has 1 aromatic rings. The molecule has 90 valence electrons. The highest BCUT2D eigenvalue weighted by molar-refractivity contribution is 7.99. The Kier molecular flexibility index (Phi) is 6.59. The van der Waals surface area contributed by atoms with Crippen LogP contribution in [0.25, 0.3) is 0 Å². The van der Waals surface area contributed by atoms with Gasteiger partial charge in [0.2, 0.25) is 0 Å². The number of hydrogen-bond acceptors (Lipinski definition) is 2. The quantitative estimate of drug-likeness (QED) is 0.827. The zero-order chi connectivity index (χ0) is 12.0. The van der Waals surface area contributed by atoms with E-state index in [4.69, 9.17) is 23.2 Å². The molecule has 0 saturated carbocycles. The lowest BCUT2D eigenvalue weighted by molar-refractivity contribution is 0.606. The molecule has 1 rings (SSSR count). The lowest BCUT2D eigenvalue weighted by Gasteiger charge is -2.18. The van der Waals surface area contributed by atoms with Crippen LogP contribution in [0, 0.1) is 0 Å². The number of benzene rings is 1. The largest absolute Gasteiger partial charge is 0.310 e. The minimum absolute atomic E-state index is 0.352. The van der Waals surface area contributed by atoms with Crippen molar-refractivity contribution < 1.29 is 0 Å². The van der Waals surface area contributed by atoms with E-state index in [1.807, 2.05) is 30.0 Å². The first-order chi connectivity index (χ1) is 7.69. The monoisotopic (exact) mass is 277 g/mol. The van der Waals surface area contributed by atoms with Gasteiger partial charge in [0.05, 0.1) is 10.0 Å². The van der Waals surface area contributed by atoms with Gasteiger partial charge < -0.3 is 5.32 Å². The van der Waals surface area contributed by atoms with E-state index in [9.17, 15) is 0 Å². The Balaban J connectivity index is 2.78. The third kappa shape index (κ3) is 4.17. The van der Waals surface area contributed by atoms with Crippen LogP contribution in [-0.4, -0.2) is 18.1 Å². The van der Waals surface area contributed by atoms with Crippen LogP contribution in [0.15, 0.2) is 18.2 Å². The van der Waals surface area contributed by atoms with Crippen molar-refractivity contribution in [1.82, 2.24) is 5.32 Å². The molecule has 0 bridgehead atoms. The van der Waals surface area contributed by atoms with Crippen LogP contribution in [0.5, 0.6) is 0 Å². The molecular formula is C12H17Cl2NS. The standard InChI is InChI=1S/C12H17Cl2NS/c1-3-15-12(8-16-4-2)9-5-6-10(13)11(14)7-9/h5-7,12,15H,3-4,8H2,1-2H3. The summed E-state index contributed by atoms with van der Waals surface area (Å²) in [5, 5.41) is 4.70. The van der Waals surface area contributed by atoms with Gasteiger partial charge in [-0.15, -0.1) is 0 Å². The number of halogens is 2. The van der Waals surface area contributed by atoms with E-state index in [1.165, 1.54) is 5.56 Å². The Bertz CT molecular complexity index is 331. The number of rotatable bonds is 6. The average Bonchev–Trinajstić information content (AvgIpc) is 2.28. The zero-order valence-electron chi connectivity index (χ0n) is 9.59. The van der Waals surface area contributed by atoms with Gasteiger partial charge in [-0.2, -0.15) is 11.8 Å². The van der Waals surface area contributed by atoms with E-state index in [-0.39, 0.29) is 0 Å². The van der Waals surface area contributed by atoms with Gasteiger partial charge in [-0.05, 0) is 30.0 Å². The Morgan fingerprint density at radius 2 is 2.00 bits per heavy atom. The second kappa shape index (κ2) is 7.44. The predicted octanol–water partition coefficient (Wildman–Crippen LogP) is 4.40. The molecule has 1 N–H and O–H groups in total. The molecule has 0 spiro atoms. The van der Waals surface area contributed by atoms with Crippen molar-refractivity contribution >= 4 is 35.0 Å². The first-order valence-corrected chi connectivity index (χ1v) is 7.36. The molecule has 0 fully saturated rings. The highest BCUT2D eigenvalue weighted by Crippen LogP contribution is 2.27. The molecule has 4 heteroatoms. The van der Waals surface area contributed by atoms with Crippen LogP contribution in [0.1, 0.15) is 25.5 Å². The Morgan fingerprint density at radius 3 is 2.56 bits per heavy atom. The summed E-state index contributed by atoms with van der Waals surface area (Å²) in [6.07, 6.45) is 0. The van der Waals surface area contributed by atoms with E-state index in [0.717, 1.165) is 18.1 Å². The Labute approximate surface area is 112 Å². The molecule has 0 amide bonds. The van der Waals surface area contributed by atoms with Gasteiger partial charge in [0, 0.05) is 11.8 Å². The van der Waals surface area contributed by atoms with Crippen molar-refractivity contribution in [3.05, 3.63) is 33.8 Å². The molecule has 1 aromatic carbocycles. The van der Waals surface area contributed by atoms with Crippen LogP contribution in [0.4, 0.5) is 0 Å². The normalized spacial score (nSPS) is 12.8. The number of thioether (sulfide) groups is 1. The van der Waals surface area contributed by atoms with Gasteiger partial charge in [0.25, 0.3) is 0 Å². The molecule has 0 aliphatic heterocycles.